The average molecular weight is 373 g/mol. The number of halogens is 1. The number of carbonyl (C=O) groups is 1. The number of fused-ring (bicyclic) bond motifs is 1. The predicted octanol–water partition coefficient (Wildman–Crippen LogP) is 2.24. The van der Waals surface area contributed by atoms with Crippen LogP contribution in [0.5, 0.6) is 0 Å². The minimum atomic E-state index is -0.301. The summed E-state index contributed by atoms with van der Waals surface area (Å²) in [5.41, 5.74) is 2.66. The molecule has 3 N–H and O–H groups in total. The molecular weight excluding hydrogens is 349 g/mol. The molecule has 0 saturated carbocycles. The van der Waals surface area contributed by atoms with Crippen LogP contribution in [-0.4, -0.2) is 45.2 Å². The number of aliphatic hydroxyl groups excluding tert-OH is 1. The summed E-state index contributed by atoms with van der Waals surface area (Å²) in [4.78, 5) is 23.1. The van der Waals surface area contributed by atoms with Crippen molar-refractivity contribution in [1.82, 2.24) is 20.2 Å². The molecule has 8 heteroatoms. The van der Waals surface area contributed by atoms with E-state index < -0.39 is 0 Å². The molecule has 1 aliphatic heterocycles. The summed E-state index contributed by atoms with van der Waals surface area (Å²) in [7, 11) is 0. The van der Waals surface area contributed by atoms with E-state index in [4.69, 9.17) is 5.11 Å². The van der Waals surface area contributed by atoms with Gasteiger partial charge in [-0.1, -0.05) is 12.1 Å². The van der Waals surface area contributed by atoms with Gasteiger partial charge in [0.15, 0.2) is 0 Å². The van der Waals surface area contributed by atoms with Crippen LogP contribution < -0.4 is 10.6 Å². The third-order valence-corrected chi connectivity index (χ3v) is 4.59. The number of aliphatic hydroxyl groups is 1. The lowest BCUT2D eigenvalue weighted by Gasteiger charge is -2.29. The molecule has 2 heterocycles. The van der Waals surface area contributed by atoms with Crippen molar-refractivity contribution < 1.29 is 14.3 Å². The van der Waals surface area contributed by atoms with Gasteiger partial charge in [-0.2, -0.15) is 0 Å². The number of urea groups is 1. The lowest BCUT2D eigenvalue weighted by molar-refractivity contribution is 0.188. The molecule has 144 valence electrons. The predicted molar refractivity (Wildman–Crippen MR) is 99.7 cm³/mol. The molecule has 0 saturated heterocycles. The molecular formula is C19H24FN5O2. The largest absolute Gasteiger partial charge is 0.394 e. The molecule has 27 heavy (non-hydrogen) atoms. The second-order valence-corrected chi connectivity index (χ2v) is 6.79. The van der Waals surface area contributed by atoms with E-state index in [-0.39, 0.29) is 30.5 Å². The molecule has 0 fully saturated rings. The van der Waals surface area contributed by atoms with Crippen LogP contribution in [0.1, 0.15) is 36.7 Å². The van der Waals surface area contributed by atoms with Gasteiger partial charge in [-0.05, 0) is 43.5 Å². The Morgan fingerprint density at radius 1 is 1.33 bits per heavy atom. The molecule has 2 atom stereocenters. The Labute approximate surface area is 157 Å². The van der Waals surface area contributed by atoms with Crippen LogP contribution in [0.25, 0.3) is 0 Å². The van der Waals surface area contributed by atoms with Crippen LogP contribution >= 0.6 is 0 Å². The standard InChI is InChI=1S/C19H24FN5O2/c1-12(11-26)22-18-21-9-15-7-8-25(10-17(15)24-18)19(27)23-13(2)14-3-5-16(20)6-4-14/h3-6,9,12-13,26H,7-8,10-11H2,1-2H3,(H,23,27)(H,21,22,24)/t12-,13-/m0/s1. The monoisotopic (exact) mass is 373 g/mol. The first-order valence-corrected chi connectivity index (χ1v) is 8.99. The lowest BCUT2D eigenvalue weighted by atomic mass is 10.1. The fourth-order valence-electron chi connectivity index (χ4n) is 2.92. The number of carbonyl (C=O) groups excluding carboxylic acids is 1. The summed E-state index contributed by atoms with van der Waals surface area (Å²) in [6.07, 6.45) is 2.45. The van der Waals surface area contributed by atoms with E-state index in [0.29, 0.717) is 25.5 Å². The van der Waals surface area contributed by atoms with Gasteiger partial charge in [0.05, 0.1) is 24.9 Å². The third-order valence-electron chi connectivity index (χ3n) is 4.59. The van der Waals surface area contributed by atoms with E-state index in [2.05, 4.69) is 20.6 Å². The van der Waals surface area contributed by atoms with Crippen molar-refractivity contribution in [1.29, 1.82) is 0 Å². The number of amides is 2. The third kappa shape index (κ3) is 4.71. The van der Waals surface area contributed by atoms with Crippen LogP contribution in [0.2, 0.25) is 0 Å². The van der Waals surface area contributed by atoms with Crippen LogP contribution in [0.3, 0.4) is 0 Å². The summed E-state index contributed by atoms with van der Waals surface area (Å²) in [6, 6.07) is 5.53. The Kier molecular flexibility index (Phi) is 5.85. The van der Waals surface area contributed by atoms with Crippen LogP contribution in [0, 0.1) is 5.82 Å². The summed E-state index contributed by atoms with van der Waals surface area (Å²) < 4.78 is 13.1. The molecule has 0 radical (unpaired) electrons. The van der Waals surface area contributed by atoms with E-state index in [1.807, 2.05) is 13.8 Å². The van der Waals surface area contributed by atoms with Gasteiger partial charge in [-0.3, -0.25) is 0 Å². The number of nitrogens with one attached hydrogen (secondary N) is 2. The molecule has 2 aromatic rings. The number of aromatic nitrogens is 2. The fraction of sp³-hybridized carbons (Fsp3) is 0.421. The van der Waals surface area contributed by atoms with Gasteiger partial charge in [0, 0.05) is 18.8 Å². The molecule has 1 aliphatic rings. The topological polar surface area (TPSA) is 90.4 Å². The Bertz CT molecular complexity index is 799. The first kappa shape index (κ1) is 19.0. The summed E-state index contributed by atoms with van der Waals surface area (Å²) in [6.45, 7) is 4.65. The highest BCUT2D eigenvalue weighted by Gasteiger charge is 2.24. The van der Waals surface area contributed by atoms with Gasteiger partial charge in [-0.25, -0.2) is 19.2 Å². The Morgan fingerprint density at radius 3 is 2.78 bits per heavy atom. The van der Waals surface area contributed by atoms with Crippen molar-refractivity contribution in [3.8, 4) is 0 Å². The summed E-state index contributed by atoms with van der Waals surface area (Å²) in [5.74, 6) is 0.141. The van der Waals surface area contributed by atoms with Crippen molar-refractivity contribution in [2.24, 2.45) is 0 Å². The van der Waals surface area contributed by atoms with Gasteiger partial charge in [0.2, 0.25) is 5.95 Å². The molecule has 1 aromatic heterocycles. The number of benzene rings is 1. The quantitative estimate of drug-likeness (QED) is 0.748. The average Bonchev–Trinajstić information content (AvgIpc) is 2.67. The second-order valence-electron chi connectivity index (χ2n) is 6.79. The maximum atomic E-state index is 13.1. The summed E-state index contributed by atoms with van der Waals surface area (Å²) in [5, 5.41) is 15.1. The van der Waals surface area contributed by atoms with Crippen molar-refractivity contribution in [2.45, 2.75) is 38.9 Å². The Morgan fingerprint density at radius 2 is 2.07 bits per heavy atom. The van der Waals surface area contributed by atoms with E-state index in [0.717, 1.165) is 16.8 Å². The normalized spacial score (nSPS) is 15.6. The number of anilines is 1. The van der Waals surface area contributed by atoms with E-state index in [1.54, 1.807) is 23.2 Å². The molecule has 0 spiro atoms. The zero-order valence-corrected chi connectivity index (χ0v) is 15.4. The van der Waals surface area contributed by atoms with E-state index in [9.17, 15) is 9.18 Å². The SMILES string of the molecule is C[C@H](NC(=O)N1CCc2cnc(N[C@@H](C)CO)nc2C1)c1ccc(F)cc1. The highest BCUT2D eigenvalue weighted by molar-refractivity contribution is 5.75. The number of rotatable bonds is 5. The molecule has 0 bridgehead atoms. The maximum absolute atomic E-state index is 13.1. The molecule has 3 rings (SSSR count). The van der Waals surface area contributed by atoms with E-state index in [1.165, 1.54) is 12.1 Å². The number of hydrogen-bond acceptors (Lipinski definition) is 5. The highest BCUT2D eigenvalue weighted by atomic mass is 19.1. The van der Waals surface area contributed by atoms with Gasteiger partial charge in [-0.15, -0.1) is 0 Å². The maximum Gasteiger partial charge on any atom is 0.318 e. The fourth-order valence-corrected chi connectivity index (χ4v) is 2.92. The zero-order valence-electron chi connectivity index (χ0n) is 15.4. The number of nitrogens with zero attached hydrogens (tertiary/aromatic N) is 3. The Balaban J connectivity index is 1.64. The molecule has 7 nitrogen and oxygen atoms in total. The van der Waals surface area contributed by atoms with Crippen LogP contribution in [0.15, 0.2) is 30.5 Å². The van der Waals surface area contributed by atoms with E-state index >= 15 is 0 Å². The molecule has 0 aliphatic carbocycles. The summed E-state index contributed by atoms with van der Waals surface area (Å²) >= 11 is 0. The second kappa shape index (κ2) is 8.30. The number of hydrogen-bond donors (Lipinski definition) is 3. The van der Waals surface area contributed by atoms with Crippen LogP contribution in [-0.2, 0) is 13.0 Å². The van der Waals surface area contributed by atoms with Gasteiger partial charge in [0.25, 0.3) is 0 Å². The van der Waals surface area contributed by atoms with Crippen molar-refractivity contribution >= 4 is 12.0 Å². The van der Waals surface area contributed by atoms with Gasteiger partial charge in [0.1, 0.15) is 5.82 Å². The Hall–Kier alpha value is -2.74. The van der Waals surface area contributed by atoms with Crippen LogP contribution in [0.4, 0.5) is 15.1 Å². The minimum absolute atomic E-state index is 0.0176. The van der Waals surface area contributed by atoms with Gasteiger partial charge >= 0.3 is 6.03 Å². The highest BCUT2D eigenvalue weighted by Crippen LogP contribution is 2.19. The van der Waals surface area contributed by atoms with Crippen molar-refractivity contribution in [3.63, 3.8) is 0 Å². The smallest absolute Gasteiger partial charge is 0.318 e. The molecule has 2 amide bonds. The molecule has 1 aromatic carbocycles. The minimum Gasteiger partial charge on any atom is -0.394 e. The molecule has 0 unspecified atom stereocenters. The van der Waals surface area contributed by atoms with Crippen molar-refractivity contribution in [2.75, 3.05) is 18.5 Å². The van der Waals surface area contributed by atoms with Crippen molar-refractivity contribution in [3.05, 3.63) is 53.1 Å². The van der Waals surface area contributed by atoms with Gasteiger partial charge < -0.3 is 20.6 Å². The first-order chi connectivity index (χ1) is 13.0. The zero-order chi connectivity index (χ0) is 19.4. The first-order valence-electron chi connectivity index (χ1n) is 8.99. The lowest BCUT2D eigenvalue weighted by Crippen LogP contribution is -2.44.